The predicted octanol–water partition coefficient (Wildman–Crippen LogP) is 2.60. The first-order valence-electron chi connectivity index (χ1n) is 4.90. The molecule has 0 saturated carbocycles. The van der Waals surface area contributed by atoms with Crippen LogP contribution < -0.4 is 5.43 Å². The molecule has 0 atom stereocenters. The Balaban J connectivity index is 2.52. The van der Waals surface area contributed by atoms with Gasteiger partial charge in [-0.3, -0.25) is 4.79 Å². The van der Waals surface area contributed by atoms with Gasteiger partial charge in [0.1, 0.15) is 17.1 Å². The van der Waals surface area contributed by atoms with Gasteiger partial charge in [-0.15, -0.1) is 0 Å². The van der Waals surface area contributed by atoms with Gasteiger partial charge in [0.05, 0.1) is 5.56 Å². The molecule has 0 unspecified atom stereocenters. The molecule has 1 aliphatic heterocycles. The lowest BCUT2D eigenvalue weighted by atomic mass is 10.1. The number of para-hydroxylation sites is 1. The van der Waals surface area contributed by atoms with Crippen molar-refractivity contribution in [2.45, 2.75) is 0 Å². The van der Waals surface area contributed by atoms with Gasteiger partial charge < -0.3 is 9.52 Å². The minimum Gasteiger partial charge on any atom is -0.507 e. The van der Waals surface area contributed by atoms with Crippen LogP contribution in [0.1, 0.15) is 0 Å². The molecule has 1 aliphatic carbocycles. The maximum atomic E-state index is 11.2. The summed E-state index contributed by atoms with van der Waals surface area (Å²) in [5.41, 5.74) is 0.988. The third kappa shape index (κ3) is 1.26. The van der Waals surface area contributed by atoms with Crippen LogP contribution in [0.4, 0.5) is 0 Å². The van der Waals surface area contributed by atoms with Crippen LogP contribution in [0, 0.1) is 0 Å². The fourth-order valence-electron chi connectivity index (χ4n) is 1.78. The second-order valence-electron chi connectivity index (χ2n) is 3.64. The minimum absolute atomic E-state index is 0.0444. The Hall–Kier alpha value is -2.29. The topological polar surface area (TPSA) is 50.4 Å². The third-order valence-corrected chi connectivity index (χ3v) is 2.53. The number of rotatable bonds is 0. The van der Waals surface area contributed by atoms with Crippen LogP contribution in [0.15, 0.2) is 51.7 Å². The van der Waals surface area contributed by atoms with Crippen molar-refractivity contribution in [3.63, 3.8) is 0 Å². The lowest BCUT2D eigenvalue weighted by Crippen LogP contribution is -1.98. The zero-order chi connectivity index (χ0) is 11.1. The largest absolute Gasteiger partial charge is 0.507 e. The Bertz CT molecular complexity index is 697. The molecule has 0 amide bonds. The van der Waals surface area contributed by atoms with E-state index in [4.69, 9.17) is 4.42 Å². The summed E-state index contributed by atoms with van der Waals surface area (Å²) in [7, 11) is 0. The second-order valence-corrected chi connectivity index (χ2v) is 3.64. The van der Waals surface area contributed by atoms with Crippen molar-refractivity contribution < 1.29 is 9.52 Å². The standard InChI is InChI=1S/C13H8O3/c14-9-6-11(15)10-5-8-3-1-2-4-12(8)16-13(10)7-9/h1-7,15H. The van der Waals surface area contributed by atoms with Crippen LogP contribution in [0.3, 0.4) is 0 Å². The Morgan fingerprint density at radius 1 is 1.06 bits per heavy atom. The molecule has 1 aromatic rings. The first kappa shape index (κ1) is 8.97. The molecular weight excluding hydrogens is 204 g/mol. The molecule has 78 valence electrons. The molecular formula is C13H8O3. The van der Waals surface area contributed by atoms with E-state index >= 15 is 0 Å². The Morgan fingerprint density at radius 2 is 1.88 bits per heavy atom. The molecule has 3 rings (SSSR count). The zero-order valence-electron chi connectivity index (χ0n) is 8.31. The molecule has 1 aromatic carbocycles. The van der Waals surface area contributed by atoms with Gasteiger partial charge in [-0.1, -0.05) is 18.2 Å². The van der Waals surface area contributed by atoms with Crippen molar-refractivity contribution in [2.75, 3.05) is 0 Å². The van der Waals surface area contributed by atoms with Gasteiger partial charge in [0.25, 0.3) is 0 Å². The van der Waals surface area contributed by atoms with E-state index in [9.17, 15) is 9.90 Å². The van der Waals surface area contributed by atoms with E-state index in [2.05, 4.69) is 0 Å². The van der Waals surface area contributed by atoms with Crippen molar-refractivity contribution in [3.8, 4) is 17.1 Å². The maximum absolute atomic E-state index is 11.2. The average Bonchev–Trinajstić information content (AvgIpc) is 2.27. The number of hydrogen-bond acceptors (Lipinski definition) is 3. The normalized spacial score (nSPS) is 11.0. The smallest absolute Gasteiger partial charge is 0.186 e. The van der Waals surface area contributed by atoms with Crippen LogP contribution in [-0.2, 0) is 0 Å². The summed E-state index contributed by atoms with van der Waals surface area (Å²) < 4.78 is 5.55. The monoisotopic (exact) mass is 212 g/mol. The number of fused-ring (bicyclic) bond motifs is 2. The zero-order valence-corrected chi connectivity index (χ0v) is 8.31. The average molecular weight is 212 g/mol. The van der Waals surface area contributed by atoms with Crippen LogP contribution in [0.5, 0.6) is 5.75 Å². The molecule has 0 aromatic heterocycles. The van der Waals surface area contributed by atoms with Gasteiger partial charge in [0, 0.05) is 17.5 Å². The molecule has 0 radical (unpaired) electrons. The van der Waals surface area contributed by atoms with E-state index in [1.807, 2.05) is 30.3 Å². The summed E-state index contributed by atoms with van der Waals surface area (Å²) in [6.07, 6.45) is 0. The van der Waals surface area contributed by atoms with E-state index in [1.54, 1.807) is 0 Å². The van der Waals surface area contributed by atoms with E-state index in [0.29, 0.717) is 16.9 Å². The van der Waals surface area contributed by atoms with E-state index in [0.717, 1.165) is 5.39 Å². The van der Waals surface area contributed by atoms with Gasteiger partial charge in [0.15, 0.2) is 5.43 Å². The molecule has 0 bridgehead atoms. The molecule has 1 heterocycles. The van der Waals surface area contributed by atoms with Gasteiger partial charge in [-0.2, -0.15) is 0 Å². The van der Waals surface area contributed by atoms with Crippen molar-refractivity contribution in [2.24, 2.45) is 0 Å². The summed E-state index contributed by atoms with van der Waals surface area (Å²) >= 11 is 0. The molecule has 3 heteroatoms. The quantitative estimate of drug-likeness (QED) is 0.583. The Labute approximate surface area is 90.9 Å². The van der Waals surface area contributed by atoms with E-state index < -0.39 is 0 Å². The first-order valence-corrected chi connectivity index (χ1v) is 4.90. The molecule has 1 N–H and O–H groups in total. The highest BCUT2D eigenvalue weighted by atomic mass is 16.3. The minimum atomic E-state index is -0.260. The lowest BCUT2D eigenvalue weighted by molar-refractivity contribution is 0.473. The highest BCUT2D eigenvalue weighted by molar-refractivity contribution is 5.84. The van der Waals surface area contributed by atoms with Crippen molar-refractivity contribution in [1.29, 1.82) is 0 Å². The highest BCUT2D eigenvalue weighted by Gasteiger charge is 2.12. The van der Waals surface area contributed by atoms with Crippen LogP contribution >= 0.6 is 0 Å². The lowest BCUT2D eigenvalue weighted by Gasteiger charge is -2.07. The van der Waals surface area contributed by atoms with Crippen LogP contribution in [0.25, 0.3) is 22.3 Å². The second kappa shape index (κ2) is 3.10. The Morgan fingerprint density at radius 3 is 2.75 bits per heavy atom. The fourth-order valence-corrected chi connectivity index (χ4v) is 1.78. The fraction of sp³-hybridized carbons (Fsp3) is 0. The highest BCUT2D eigenvalue weighted by Crippen LogP contribution is 2.32. The van der Waals surface area contributed by atoms with Gasteiger partial charge in [-0.25, -0.2) is 0 Å². The Kier molecular flexibility index (Phi) is 1.74. The third-order valence-electron chi connectivity index (χ3n) is 2.53. The molecule has 3 nitrogen and oxygen atoms in total. The van der Waals surface area contributed by atoms with Crippen molar-refractivity contribution in [1.82, 2.24) is 0 Å². The first-order chi connectivity index (χ1) is 7.74. The number of benzene rings is 2. The van der Waals surface area contributed by atoms with Crippen LogP contribution in [0.2, 0.25) is 0 Å². The number of aromatic hydroxyl groups is 1. The van der Waals surface area contributed by atoms with Gasteiger partial charge in [-0.05, 0) is 12.1 Å². The van der Waals surface area contributed by atoms with Gasteiger partial charge >= 0.3 is 0 Å². The summed E-state index contributed by atoms with van der Waals surface area (Å²) in [5, 5.41) is 10.5. The maximum Gasteiger partial charge on any atom is 0.186 e. The molecule has 0 saturated heterocycles. The SMILES string of the molecule is O=c1cc2oc3ccccc3cc-2c(O)c1. The number of hydrogen-bond donors (Lipinski definition) is 1. The molecule has 2 aliphatic rings. The summed E-state index contributed by atoms with van der Waals surface area (Å²) in [5.74, 6) is 0.362. The number of phenolic OH excluding ortho intramolecular Hbond substituents is 1. The predicted molar refractivity (Wildman–Crippen MR) is 60.8 cm³/mol. The summed E-state index contributed by atoms with van der Waals surface area (Å²) in [4.78, 5) is 11.2. The summed E-state index contributed by atoms with van der Waals surface area (Å²) in [6, 6.07) is 11.8. The summed E-state index contributed by atoms with van der Waals surface area (Å²) in [6.45, 7) is 0. The van der Waals surface area contributed by atoms with Crippen molar-refractivity contribution >= 4 is 11.0 Å². The van der Waals surface area contributed by atoms with E-state index in [-0.39, 0.29) is 11.2 Å². The molecule has 0 spiro atoms. The molecule has 0 fully saturated rings. The van der Waals surface area contributed by atoms with Crippen LogP contribution in [-0.4, -0.2) is 5.11 Å². The van der Waals surface area contributed by atoms with Gasteiger partial charge in [0.2, 0.25) is 0 Å². The number of phenols is 1. The van der Waals surface area contributed by atoms with E-state index in [1.165, 1.54) is 12.1 Å². The molecule has 16 heavy (non-hydrogen) atoms. The van der Waals surface area contributed by atoms with Crippen molar-refractivity contribution in [3.05, 3.63) is 52.7 Å².